The first-order valence-electron chi connectivity index (χ1n) is 8.86. The van der Waals surface area contributed by atoms with Gasteiger partial charge >= 0.3 is 0 Å². The van der Waals surface area contributed by atoms with Crippen LogP contribution < -0.4 is 5.56 Å². The van der Waals surface area contributed by atoms with Crippen LogP contribution in [0.25, 0.3) is 10.2 Å². The van der Waals surface area contributed by atoms with Crippen molar-refractivity contribution in [2.45, 2.75) is 33.4 Å². The molecule has 0 aromatic carbocycles. The van der Waals surface area contributed by atoms with Crippen LogP contribution in [0.4, 0.5) is 0 Å². The first-order chi connectivity index (χ1) is 12.5. The number of aromatic amines is 1. The van der Waals surface area contributed by atoms with E-state index in [1.54, 1.807) is 22.7 Å². The van der Waals surface area contributed by atoms with Crippen LogP contribution in [-0.2, 0) is 6.54 Å². The van der Waals surface area contributed by atoms with E-state index < -0.39 is 0 Å². The van der Waals surface area contributed by atoms with Gasteiger partial charge in [0.15, 0.2) is 0 Å². The van der Waals surface area contributed by atoms with E-state index in [2.05, 4.69) is 32.1 Å². The van der Waals surface area contributed by atoms with Gasteiger partial charge < -0.3 is 4.98 Å². The summed E-state index contributed by atoms with van der Waals surface area (Å²) in [5, 5.41) is 2.86. The van der Waals surface area contributed by atoms with E-state index in [0.29, 0.717) is 0 Å². The zero-order valence-corrected chi connectivity index (χ0v) is 16.9. The Hall–Kier alpha value is -1.61. The monoisotopic (exact) mass is 389 g/mol. The predicted octanol–water partition coefficient (Wildman–Crippen LogP) is 2.94. The maximum absolute atomic E-state index is 12.5. The molecule has 4 rings (SSSR count). The molecule has 0 bridgehead atoms. The van der Waals surface area contributed by atoms with Gasteiger partial charge in [-0.25, -0.2) is 9.97 Å². The molecule has 0 radical (unpaired) electrons. The number of aryl methyl sites for hydroxylation is 2. The summed E-state index contributed by atoms with van der Waals surface area (Å²) in [6.07, 6.45) is 0. The molecule has 0 saturated carbocycles. The fourth-order valence-electron chi connectivity index (χ4n) is 3.50. The number of hydrogen-bond acceptors (Lipinski definition) is 7. The average molecular weight is 390 g/mol. The number of rotatable bonds is 4. The second-order valence-corrected chi connectivity index (χ2v) is 8.80. The molecule has 6 nitrogen and oxygen atoms in total. The summed E-state index contributed by atoms with van der Waals surface area (Å²) in [6, 6.07) is 0.108. The molecule has 1 aliphatic rings. The van der Waals surface area contributed by atoms with Crippen molar-refractivity contribution < 1.29 is 0 Å². The summed E-state index contributed by atoms with van der Waals surface area (Å²) in [6.45, 7) is 11.0. The summed E-state index contributed by atoms with van der Waals surface area (Å²) in [5.41, 5.74) is 4.07. The lowest BCUT2D eigenvalue weighted by Crippen LogP contribution is -2.47. The minimum absolute atomic E-state index is 0.0131. The Morgan fingerprint density at radius 3 is 2.73 bits per heavy atom. The Bertz CT molecular complexity index is 954. The normalized spacial score (nSPS) is 17.8. The van der Waals surface area contributed by atoms with Crippen molar-refractivity contribution in [2.75, 3.05) is 26.2 Å². The van der Waals surface area contributed by atoms with Crippen molar-refractivity contribution in [3.8, 4) is 0 Å². The zero-order chi connectivity index (χ0) is 18.3. The van der Waals surface area contributed by atoms with Gasteiger partial charge in [-0.2, -0.15) is 0 Å². The van der Waals surface area contributed by atoms with Crippen LogP contribution in [0.15, 0.2) is 15.7 Å². The molecule has 8 heteroatoms. The van der Waals surface area contributed by atoms with Gasteiger partial charge in [-0.3, -0.25) is 14.6 Å². The second-order valence-electron chi connectivity index (χ2n) is 6.88. The molecule has 0 spiro atoms. The van der Waals surface area contributed by atoms with Gasteiger partial charge in [-0.15, -0.1) is 22.7 Å². The average Bonchev–Trinajstić information content (AvgIpc) is 3.23. The van der Waals surface area contributed by atoms with E-state index >= 15 is 0 Å². The number of thiazole rings is 1. The Morgan fingerprint density at radius 1 is 1.27 bits per heavy atom. The molecule has 3 aromatic rings. The van der Waals surface area contributed by atoms with Gasteiger partial charge in [-0.1, -0.05) is 0 Å². The van der Waals surface area contributed by atoms with Crippen molar-refractivity contribution >= 4 is 32.9 Å². The third kappa shape index (κ3) is 3.34. The molecule has 1 saturated heterocycles. The molecule has 0 aliphatic carbocycles. The van der Waals surface area contributed by atoms with Crippen LogP contribution in [0.3, 0.4) is 0 Å². The van der Waals surface area contributed by atoms with Crippen molar-refractivity contribution in [3.05, 3.63) is 43.2 Å². The van der Waals surface area contributed by atoms with Crippen LogP contribution in [0.5, 0.6) is 0 Å². The third-order valence-corrected chi connectivity index (χ3v) is 7.01. The zero-order valence-electron chi connectivity index (χ0n) is 15.3. The lowest BCUT2D eigenvalue weighted by molar-refractivity contribution is 0.0942. The van der Waals surface area contributed by atoms with E-state index in [0.717, 1.165) is 60.0 Å². The van der Waals surface area contributed by atoms with Gasteiger partial charge in [-0.05, 0) is 26.3 Å². The maximum atomic E-state index is 12.5. The Kier molecular flexibility index (Phi) is 4.92. The summed E-state index contributed by atoms with van der Waals surface area (Å²) in [5.74, 6) is 0.775. The lowest BCUT2D eigenvalue weighted by Gasteiger charge is -2.37. The van der Waals surface area contributed by atoms with Crippen LogP contribution >= 0.6 is 22.7 Å². The third-order valence-electron chi connectivity index (χ3n) is 5.28. The van der Waals surface area contributed by atoms with Crippen molar-refractivity contribution in [1.29, 1.82) is 0 Å². The highest BCUT2D eigenvalue weighted by Gasteiger charge is 2.24. The Balaban J connectivity index is 1.47. The van der Waals surface area contributed by atoms with Gasteiger partial charge in [0.25, 0.3) is 5.56 Å². The molecule has 1 aliphatic heterocycles. The highest BCUT2D eigenvalue weighted by Crippen LogP contribution is 2.27. The summed E-state index contributed by atoms with van der Waals surface area (Å²) in [7, 11) is 0. The number of fused-ring (bicyclic) bond motifs is 1. The smallest absolute Gasteiger partial charge is 0.259 e. The molecular formula is C18H23N5OS2. The molecule has 4 heterocycles. The Labute approximate surface area is 160 Å². The van der Waals surface area contributed by atoms with Crippen LogP contribution in [0, 0.1) is 13.8 Å². The van der Waals surface area contributed by atoms with Gasteiger partial charge in [0.1, 0.15) is 10.7 Å². The SMILES string of the molecule is Cc1sc2nc([C@@H](C)N3CCN(Cc4cscn4)CC3)[nH]c(=O)c2c1C. The molecule has 1 N–H and O–H groups in total. The minimum atomic E-state index is -0.0131. The Morgan fingerprint density at radius 2 is 2.04 bits per heavy atom. The number of thiophene rings is 1. The van der Waals surface area contributed by atoms with Crippen molar-refractivity contribution in [2.24, 2.45) is 0 Å². The molecule has 138 valence electrons. The number of hydrogen-bond donors (Lipinski definition) is 1. The molecule has 1 fully saturated rings. The standard InChI is InChI=1S/C18H23N5OS2/c1-11-13(3)26-18-15(11)17(24)20-16(21-18)12(2)23-6-4-22(5-7-23)8-14-9-25-10-19-14/h9-10,12H,4-8H2,1-3H3,(H,20,21,24)/t12-/m1/s1. The number of aromatic nitrogens is 3. The van der Waals surface area contributed by atoms with Crippen LogP contribution in [0.2, 0.25) is 0 Å². The van der Waals surface area contributed by atoms with E-state index in [4.69, 9.17) is 4.98 Å². The van der Waals surface area contributed by atoms with E-state index in [1.807, 2.05) is 19.4 Å². The first kappa shape index (κ1) is 17.8. The largest absolute Gasteiger partial charge is 0.309 e. The second kappa shape index (κ2) is 7.19. The molecule has 1 atom stereocenters. The molecule has 0 amide bonds. The highest BCUT2D eigenvalue weighted by atomic mass is 32.1. The topological polar surface area (TPSA) is 65.1 Å². The van der Waals surface area contributed by atoms with Crippen molar-refractivity contribution in [1.82, 2.24) is 24.8 Å². The first-order valence-corrected chi connectivity index (χ1v) is 10.6. The summed E-state index contributed by atoms with van der Waals surface area (Å²) >= 11 is 3.26. The number of piperazine rings is 1. The minimum Gasteiger partial charge on any atom is -0.309 e. The van der Waals surface area contributed by atoms with Crippen LogP contribution in [-0.4, -0.2) is 50.9 Å². The van der Waals surface area contributed by atoms with Gasteiger partial charge in [0, 0.05) is 43.0 Å². The number of nitrogens with zero attached hydrogens (tertiary/aromatic N) is 4. The molecule has 0 unspecified atom stereocenters. The maximum Gasteiger partial charge on any atom is 0.259 e. The molecule has 26 heavy (non-hydrogen) atoms. The lowest BCUT2D eigenvalue weighted by atomic mass is 10.2. The quantitative estimate of drug-likeness (QED) is 0.743. The highest BCUT2D eigenvalue weighted by molar-refractivity contribution is 7.18. The fraction of sp³-hybridized carbons (Fsp3) is 0.500. The van der Waals surface area contributed by atoms with Crippen molar-refractivity contribution in [3.63, 3.8) is 0 Å². The number of nitrogens with one attached hydrogen (secondary N) is 1. The van der Waals surface area contributed by atoms with E-state index in [1.165, 1.54) is 4.88 Å². The summed E-state index contributed by atoms with van der Waals surface area (Å²) in [4.78, 5) is 31.6. The van der Waals surface area contributed by atoms with Gasteiger partial charge in [0.05, 0.1) is 22.6 Å². The fourth-order valence-corrected chi connectivity index (χ4v) is 5.08. The number of H-pyrrole nitrogens is 1. The van der Waals surface area contributed by atoms with E-state index in [-0.39, 0.29) is 11.6 Å². The van der Waals surface area contributed by atoms with Gasteiger partial charge in [0.2, 0.25) is 0 Å². The van der Waals surface area contributed by atoms with E-state index in [9.17, 15) is 4.79 Å². The summed E-state index contributed by atoms with van der Waals surface area (Å²) < 4.78 is 0. The van der Waals surface area contributed by atoms with Crippen LogP contribution in [0.1, 0.15) is 34.9 Å². The molecular weight excluding hydrogens is 366 g/mol. The molecule has 3 aromatic heterocycles. The predicted molar refractivity (Wildman–Crippen MR) is 107 cm³/mol.